The van der Waals surface area contributed by atoms with Gasteiger partial charge in [-0.05, 0) is 43.4 Å². The Morgan fingerprint density at radius 1 is 1.28 bits per heavy atom. The zero-order valence-electron chi connectivity index (χ0n) is 19.4. The van der Waals surface area contributed by atoms with Crippen molar-refractivity contribution in [1.82, 2.24) is 14.6 Å². The van der Waals surface area contributed by atoms with Gasteiger partial charge in [-0.25, -0.2) is 15.2 Å². The Bertz CT molecular complexity index is 1020. The topological polar surface area (TPSA) is 93.4 Å². The molecule has 32 heavy (non-hydrogen) atoms. The molecule has 1 aliphatic rings. The molecule has 1 fully saturated rings. The predicted molar refractivity (Wildman–Crippen MR) is 128 cm³/mol. The summed E-state index contributed by atoms with van der Waals surface area (Å²) < 4.78 is 15.6. The second-order valence-electron chi connectivity index (χ2n) is 8.43. The van der Waals surface area contributed by atoms with E-state index in [2.05, 4.69) is 11.8 Å². The number of halogens is 1. The highest BCUT2D eigenvalue weighted by molar-refractivity contribution is 5.65. The van der Waals surface area contributed by atoms with Crippen LogP contribution in [0, 0.1) is 0 Å². The van der Waals surface area contributed by atoms with Crippen molar-refractivity contribution in [3.8, 4) is 0 Å². The summed E-state index contributed by atoms with van der Waals surface area (Å²) in [4.78, 5) is 19.3. The van der Waals surface area contributed by atoms with Gasteiger partial charge in [-0.3, -0.25) is 4.79 Å². The average molecular weight is 443 g/mol. The van der Waals surface area contributed by atoms with Crippen LogP contribution in [0.5, 0.6) is 0 Å². The molecule has 3 heterocycles. The number of rotatable bonds is 8. The molecule has 8 heteroatoms. The van der Waals surface area contributed by atoms with Crippen molar-refractivity contribution in [3.63, 3.8) is 0 Å². The number of pyridine rings is 2. The van der Waals surface area contributed by atoms with Crippen LogP contribution in [-0.4, -0.2) is 40.9 Å². The van der Waals surface area contributed by atoms with E-state index in [1.165, 1.54) is 5.01 Å². The molecule has 0 aromatic carbocycles. The molecule has 0 saturated carbocycles. The third-order valence-corrected chi connectivity index (χ3v) is 5.91. The molecule has 1 atom stereocenters. The Balaban J connectivity index is 1.96. The number of anilines is 1. The number of alkyl halides is 1. The molecule has 1 aliphatic heterocycles. The van der Waals surface area contributed by atoms with Crippen molar-refractivity contribution in [1.29, 1.82) is 0 Å². The van der Waals surface area contributed by atoms with E-state index < -0.39 is 6.17 Å². The number of likely N-dealkylation sites (N-methyl/N-ethyl adjacent to an activating group) is 1. The number of nitrogens with two attached hydrogens (primary N) is 2. The highest BCUT2D eigenvalue weighted by Gasteiger charge is 2.22. The van der Waals surface area contributed by atoms with E-state index in [1.54, 1.807) is 17.7 Å². The summed E-state index contributed by atoms with van der Waals surface area (Å²) in [5.74, 6) is 6.10. The number of piperidine rings is 1. The lowest BCUT2D eigenvalue weighted by molar-refractivity contribution is 0.286. The number of aromatic nitrogens is 2. The van der Waals surface area contributed by atoms with Crippen LogP contribution in [0.25, 0.3) is 5.70 Å². The Morgan fingerprint density at radius 3 is 2.72 bits per heavy atom. The fourth-order valence-electron chi connectivity index (χ4n) is 4.17. The van der Waals surface area contributed by atoms with Crippen molar-refractivity contribution < 1.29 is 4.39 Å². The van der Waals surface area contributed by atoms with Crippen molar-refractivity contribution >= 4 is 11.4 Å². The lowest BCUT2D eigenvalue weighted by Crippen LogP contribution is -2.37. The van der Waals surface area contributed by atoms with Gasteiger partial charge in [-0.2, -0.15) is 0 Å². The van der Waals surface area contributed by atoms with Gasteiger partial charge in [0, 0.05) is 32.4 Å². The number of allylic oxidation sites excluding steroid dienone is 1. The van der Waals surface area contributed by atoms with Gasteiger partial charge < -0.3 is 20.2 Å². The van der Waals surface area contributed by atoms with Crippen LogP contribution in [0.15, 0.2) is 41.0 Å². The van der Waals surface area contributed by atoms with E-state index in [0.29, 0.717) is 36.5 Å². The predicted octanol–water partition coefficient (Wildman–Crippen LogP) is 2.83. The lowest BCUT2D eigenvalue weighted by atomic mass is 10.1. The van der Waals surface area contributed by atoms with E-state index in [0.717, 1.165) is 42.8 Å². The molecular weight excluding hydrogens is 407 g/mol. The summed E-state index contributed by atoms with van der Waals surface area (Å²) in [6, 6.07) is 7.26. The fraction of sp³-hybridized carbons (Fsp3) is 0.500. The molecule has 1 saturated heterocycles. The average Bonchev–Trinajstić information content (AvgIpc) is 2.78. The maximum absolute atomic E-state index is 13.9. The molecule has 2 aromatic rings. The van der Waals surface area contributed by atoms with Crippen LogP contribution in [0.3, 0.4) is 0 Å². The van der Waals surface area contributed by atoms with Gasteiger partial charge in [-0.1, -0.05) is 26.3 Å². The van der Waals surface area contributed by atoms with E-state index in [9.17, 15) is 9.18 Å². The molecule has 7 nitrogen and oxygen atoms in total. The van der Waals surface area contributed by atoms with Crippen molar-refractivity contribution in [2.24, 2.45) is 11.6 Å². The minimum Gasteiger partial charge on any atom is -0.395 e. The van der Waals surface area contributed by atoms with Gasteiger partial charge in [0.05, 0.1) is 35.0 Å². The Morgan fingerprint density at radius 2 is 2.06 bits per heavy atom. The van der Waals surface area contributed by atoms with Gasteiger partial charge in [0.15, 0.2) is 0 Å². The number of hydrogen-bond acceptors (Lipinski definition) is 6. The second-order valence-corrected chi connectivity index (χ2v) is 8.43. The van der Waals surface area contributed by atoms with Gasteiger partial charge in [0.1, 0.15) is 6.17 Å². The summed E-state index contributed by atoms with van der Waals surface area (Å²) >= 11 is 0. The molecule has 0 spiro atoms. The van der Waals surface area contributed by atoms with E-state index in [-0.39, 0.29) is 12.1 Å². The minimum absolute atomic E-state index is 0.111. The van der Waals surface area contributed by atoms with E-state index in [4.69, 9.17) is 16.6 Å². The van der Waals surface area contributed by atoms with Crippen LogP contribution < -0.4 is 22.0 Å². The summed E-state index contributed by atoms with van der Waals surface area (Å²) in [5.41, 5.74) is 11.0. The Labute approximate surface area is 189 Å². The zero-order valence-corrected chi connectivity index (χ0v) is 19.4. The van der Waals surface area contributed by atoms with Crippen LogP contribution in [0.1, 0.15) is 50.1 Å². The molecule has 0 amide bonds. The fourth-order valence-corrected chi connectivity index (χ4v) is 4.17. The van der Waals surface area contributed by atoms with E-state index >= 15 is 0 Å². The zero-order chi connectivity index (χ0) is 23.3. The normalized spacial score (nSPS) is 17.3. The molecule has 0 bridgehead atoms. The van der Waals surface area contributed by atoms with Crippen LogP contribution in [-0.2, 0) is 19.4 Å². The molecule has 3 rings (SSSR count). The SMILES string of the molecule is CCCc1ccc(=O)n(C/C(=C(/N)c2ccc(N3CCCC(F)C3)c(CC)n2)N(C)N)c1. The third kappa shape index (κ3) is 5.48. The van der Waals surface area contributed by atoms with Crippen molar-refractivity contribution in [2.45, 2.75) is 58.7 Å². The Hall–Kier alpha value is -2.87. The van der Waals surface area contributed by atoms with Crippen LogP contribution >= 0.6 is 0 Å². The smallest absolute Gasteiger partial charge is 0.250 e. The highest BCUT2D eigenvalue weighted by Crippen LogP contribution is 2.26. The third-order valence-electron chi connectivity index (χ3n) is 5.91. The molecule has 0 radical (unpaired) electrons. The van der Waals surface area contributed by atoms with E-state index in [1.807, 2.05) is 31.3 Å². The highest BCUT2D eigenvalue weighted by atomic mass is 19.1. The lowest BCUT2D eigenvalue weighted by Gasteiger charge is -2.32. The number of nitrogens with zero attached hydrogens (tertiary/aromatic N) is 4. The minimum atomic E-state index is -0.808. The quantitative estimate of drug-likeness (QED) is 0.482. The Kier molecular flexibility index (Phi) is 7.90. The first-order chi connectivity index (χ1) is 15.3. The first-order valence-electron chi connectivity index (χ1n) is 11.4. The first-order valence-corrected chi connectivity index (χ1v) is 11.4. The molecule has 0 aliphatic carbocycles. The number of hydrazine groups is 1. The van der Waals surface area contributed by atoms with Gasteiger partial charge in [-0.15, -0.1) is 0 Å². The van der Waals surface area contributed by atoms with Gasteiger partial charge >= 0.3 is 0 Å². The maximum Gasteiger partial charge on any atom is 0.250 e. The monoisotopic (exact) mass is 442 g/mol. The van der Waals surface area contributed by atoms with Gasteiger partial charge in [0.25, 0.3) is 5.56 Å². The van der Waals surface area contributed by atoms with Crippen molar-refractivity contribution in [3.05, 3.63) is 63.5 Å². The number of hydrogen-bond donors (Lipinski definition) is 2. The first kappa shape index (κ1) is 23.8. The molecule has 2 aromatic heterocycles. The second kappa shape index (κ2) is 10.6. The van der Waals surface area contributed by atoms with Crippen LogP contribution in [0.4, 0.5) is 10.1 Å². The van der Waals surface area contributed by atoms with Gasteiger partial charge in [0.2, 0.25) is 0 Å². The maximum atomic E-state index is 13.9. The summed E-state index contributed by atoms with van der Waals surface area (Å²) in [6.07, 6.45) is 5.10. The number of aryl methyl sites for hydroxylation is 2. The molecular formula is C24H35FN6O. The standard InChI is InChI=1S/C24H35FN6O/c1-4-7-17-9-12-23(32)31(14-17)16-22(29(3)27)24(26)20-10-11-21(19(5-2)28-20)30-13-6-8-18(25)15-30/h9-12,14,18H,4-8,13,15-16,26-27H2,1-3H3/b24-22-. The summed E-state index contributed by atoms with van der Waals surface area (Å²) in [5, 5.41) is 1.44. The molecule has 1 unspecified atom stereocenters. The summed E-state index contributed by atoms with van der Waals surface area (Å²) in [6.45, 7) is 5.60. The van der Waals surface area contributed by atoms with Crippen LogP contribution in [0.2, 0.25) is 0 Å². The largest absolute Gasteiger partial charge is 0.395 e. The molecule has 174 valence electrons. The van der Waals surface area contributed by atoms with Crippen molar-refractivity contribution in [2.75, 3.05) is 25.0 Å². The summed E-state index contributed by atoms with van der Waals surface area (Å²) in [7, 11) is 1.70. The molecule has 4 N–H and O–H groups in total.